The minimum atomic E-state index is 0.280. The van der Waals surface area contributed by atoms with Crippen LogP contribution >= 0.6 is 15.9 Å². The molecule has 1 amide bonds. The number of carbonyl (C=O) groups excluding carboxylic acids is 1. The highest BCUT2D eigenvalue weighted by atomic mass is 79.9. The van der Waals surface area contributed by atoms with Crippen LogP contribution in [0.4, 0.5) is 0 Å². The van der Waals surface area contributed by atoms with Crippen LogP contribution < -0.4 is 5.32 Å². The van der Waals surface area contributed by atoms with E-state index in [-0.39, 0.29) is 11.8 Å². The lowest BCUT2D eigenvalue weighted by Gasteiger charge is -2.15. The van der Waals surface area contributed by atoms with Crippen molar-refractivity contribution in [2.45, 2.75) is 50.8 Å². The smallest absolute Gasteiger partial charge is 0.223 e. The summed E-state index contributed by atoms with van der Waals surface area (Å²) in [5.74, 6) is 1.15. The van der Waals surface area contributed by atoms with Crippen molar-refractivity contribution in [1.82, 2.24) is 5.32 Å². The van der Waals surface area contributed by atoms with Crippen molar-refractivity contribution in [1.29, 1.82) is 0 Å². The van der Waals surface area contributed by atoms with E-state index in [1.54, 1.807) is 0 Å². The molecule has 0 saturated heterocycles. The Bertz CT molecular complexity index is 206. The molecule has 1 aliphatic rings. The van der Waals surface area contributed by atoms with Crippen LogP contribution in [-0.2, 0) is 4.79 Å². The number of amides is 1. The maximum Gasteiger partial charge on any atom is 0.223 e. The quantitative estimate of drug-likeness (QED) is 0.606. The third kappa shape index (κ3) is 4.54. The molecule has 0 aromatic carbocycles. The van der Waals surface area contributed by atoms with Gasteiger partial charge in [-0.2, -0.15) is 0 Å². The summed E-state index contributed by atoms with van der Waals surface area (Å²) in [6, 6.07) is 0. The number of alkyl halides is 1. The van der Waals surface area contributed by atoms with Crippen LogP contribution in [0, 0.1) is 11.8 Å². The van der Waals surface area contributed by atoms with Crippen LogP contribution in [0.15, 0.2) is 0 Å². The molecule has 3 unspecified atom stereocenters. The van der Waals surface area contributed by atoms with E-state index < -0.39 is 0 Å². The zero-order chi connectivity index (χ0) is 11.3. The number of hydrogen-bond acceptors (Lipinski definition) is 1. The van der Waals surface area contributed by atoms with Gasteiger partial charge in [0.1, 0.15) is 0 Å². The van der Waals surface area contributed by atoms with Crippen LogP contribution in [0.2, 0.25) is 0 Å². The van der Waals surface area contributed by atoms with Crippen molar-refractivity contribution >= 4 is 21.8 Å². The van der Waals surface area contributed by atoms with Crippen LogP contribution in [0.3, 0.4) is 0 Å². The van der Waals surface area contributed by atoms with Crippen LogP contribution in [-0.4, -0.2) is 17.3 Å². The van der Waals surface area contributed by atoms with Crippen molar-refractivity contribution in [3.8, 4) is 0 Å². The molecule has 0 aliphatic heterocycles. The van der Waals surface area contributed by atoms with Crippen LogP contribution in [0.5, 0.6) is 0 Å². The van der Waals surface area contributed by atoms with Gasteiger partial charge in [-0.25, -0.2) is 0 Å². The molecule has 3 atom stereocenters. The first-order valence-corrected chi connectivity index (χ1v) is 6.94. The highest BCUT2D eigenvalue weighted by Crippen LogP contribution is 2.31. The van der Waals surface area contributed by atoms with Gasteiger partial charge in [-0.15, -0.1) is 0 Å². The normalized spacial score (nSPS) is 27.7. The first-order valence-electron chi connectivity index (χ1n) is 6.03. The second kappa shape index (κ2) is 6.51. The third-order valence-electron chi connectivity index (χ3n) is 3.28. The molecular weight excluding hydrogens is 254 g/mol. The molecule has 0 bridgehead atoms. The van der Waals surface area contributed by atoms with E-state index in [0.717, 1.165) is 25.8 Å². The Hall–Kier alpha value is -0.0500. The molecule has 0 aromatic rings. The Morgan fingerprint density at radius 2 is 2.27 bits per heavy atom. The molecule has 88 valence electrons. The standard InChI is InChI=1S/C12H22BrNO/c1-9-5-3-7-11(9)12(15)14-8-4-6-10(2)13/h9-11H,3-8H2,1-2H3,(H,14,15). The van der Waals surface area contributed by atoms with Gasteiger partial charge in [-0.3, -0.25) is 4.79 Å². The molecule has 2 nitrogen and oxygen atoms in total. The SMILES string of the molecule is CC(Br)CCCNC(=O)C1CCCC1C. The molecular formula is C12H22BrNO. The highest BCUT2D eigenvalue weighted by molar-refractivity contribution is 9.09. The van der Waals surface area contributed by atoms with E-state index in [2.05, 4.69) is 35.1 Å². The Labute approximate surface area is 101 Å². The van der Waals surface area contributed by atoms with Crippen molar-refractivity contribution in [3.05, 3.63) is 0 Å². The first kappa shape index (κ1) is 13.0. The van der Waals surface area contributed by atoms with E-state index in [1.165, 1.54) is 12.8 Å². The number of nitrogens with one attached hydrogen (secondary N) is 1. The Balaban J connectivity index is 2.13. The molecule has 3 heteroatoms. The monoisotopic (exact) mass is 275 g/mol. The molecule has 15 heavy (non-hydrogen) atoms. The van der Waals surface area contributed by atoms with Gasteiger partial charge in [0.15, 0.2) is 0 Å². The van der Waals surface area contributed by atoms with Gasteiger partial charge in [-0.1, -0.05) is 36.2 Å². The highest BCUT2D eigenvalue weighted by Gasteiger charge is 2.29. The lowest BCUT2D eigenvalue weighted by molar-refractivity contribution is -0.125. The molecule has 0 radical (unpaired) electrons. The van der Waals surface area contributed by atoms with Gasteiger partial charge >= 0.3 is 0 Å². The topological polar surface area (TPSA) is 29.1 Å². The van der Waals surface area contributed by atoms with E-state index in [9.17, 15) is 4.79 Å². The molecule has 1 fully saturated rings. The van der Waals surface area contributed by atoms with Gasteiger partial charge < -0.3 is 5.32 Å². The molecule has 1 aliphatic carbocycles. The molecule has 0 spiro atoms. The van der Waals surface area contributed by atoms with E-state index in [1.807, 2.05) is 0 Å². The summed E-state index contributed by atoms with van der Waals surface area (Å²) in [6.07, 6.45) is 5.72. The summed E-state index contributed by atoms with van der Waals surface area (Å²) in [7, 11) is 0. The molecule has 0 aromatic heterocycles. The van der Waals surface area contributed by atoms with Crippen molar-refractivity contribution in [2.75, 3.05) is 6.54 Å². The van der Waals surface area contributed by atoms with Gasteiger partial charge in [0, 0.05) is 17.3 Å². The fourth-order valence-electron chi connectivity index (χ4n) is 2.26. The number of hydrogen-bond donors (Lipinski definition) is 1. The average Bonchev–Trinajstić information content (AvgIpc) is 2.58. The molecule has 0 heterocycles. The number of halogens is 1. The summed E-state index contributed by atoms with van der Waals surface area (Å²) < 4.78 is 0. The lowest BCUT2D eigenvalue weighted by Crippen LogP contribution is -2.32. The predicted octanol–water partition coefficient (Wildman–Crippen LogP) is 3.10. The third-order valence-corrected chi connectivity index (χ3v) is 3.73. The lowest BCUT2D eigenvalue weighted by atomic mass is 9.97. The van der Waals surface area contributed by atoms with E-state index in [4.69, 9.17) is 0 Å². The summed E-state index contributed by atoms with van der Waals surface area (Å²) in [5, 5.41) is 3.05. The zero-order valence-electron chi connectivity index (χ0n) is 9.76. The van der Waals surface area contributed by atoms with Crippen LogP contribution in [0.1, 0.15) is 46.0 Å². The summed E-state index contributed by atoms with van der Waals surface area (Å²) in [4.78, 5) is 12.3. The predicted molar refractivity (Wildman–Crippen MR) is 67.1 cm³/mol. The van der Waals surface area contributed by atoms with E-state index >= 15 is 0 Å². The second-order valence-corrected chi connectivity index (χ2v) is 6.29. The minimum Gasteiger partial charge on any atom is -0.356 e. The fourth-order valence-corrected chi connectivity index (χ4v) is 2.58. The van der Waals surface area contributed by atoms with Crippen molar-refractivity contribution in [2.24, 2.45) is 11.8 Å². The molecule has 1 saturated carbocycles. The number of carbonyl (C=O) groups is 1. The summed E-state index contributed by atoms with van der Waals surface area (Å²) in [6.45, 7) is 5.16. The molecule has 1 N–H and O–H groups in total. The maximum atomic E-state index is 11.8. The Morgan fingerprint density at radius 1 is 1.53 bits per heavy atom. The van der Waals surface area contributed by atoms with Gasteiger partial charge in [-0.05, 0) is 31.6 Å². The van der Waals surface area contributed by atoms with Crippen molar-refractivity contribution in [3.63, 3.8) is 0 Å². The number of rotatable bonds is 5. The fraction of sp³-hybridized carbons (Fsp3) is 0.917. The summed E-state index contributed by atoms with van der Waals surface area (Å²) in [5.41, 5.74) is 0. The second-order valence-electron chi connectivity index (χ2n) is 4.73. The Morgan fingerprint density at radius 3 is 2.80 bits per heavy atom. The van der Waals surface area contributed by atoms with Crippen LogP contribution in [0.25, 0.3) is 0 Å². The average molecular weight is 276 g/mol. The largest absolute Gasteiger partial charge is 0.356 e. The first-order chi connectivity index (χ1) is 7.11. The minimum absolute atomic E-state index is 0.280. The van der Waals surface area contributed by atoms with E-state index in [0.29, 0.717) is 10.7 Å². The van der Waals surface area contributed by atoms with Gasteiger partial charge in [0.25, 0.3) is 0 Å². The zero-order valence-corrected chi connectivity index (χ0v) is 11.3. The van der Waals surface area contributed by atoms with Crippen molar-refractivity contribution < 1.29 is 4.79 Å². The maximum absolute atomic E-state index is 11.8. The Kier molecular flexibility index (Phi) is 5.65. The van der Waals surface area contributed by atoms with Gasteiger partial charge in [0.2, 0.25) is 5.91 Å². The summed E-state index contributed by atoms with van der Waals surface area (Å²) >= 11 is 3.50. The van der Waals surface area contributed by atoms with Gasteiger partial charge in [0.05, 0.1) is 0 Å². The molecule has 1 rings (SSSR count).